The first-order chi connectivity index (χ1) is 7.87. The van der Waals surface area contributed by atoms with Crippen LogP contribution in [0, 0.1) is 11.6 Å². The van der Waals surface area contributed by atoms with Gasteiger partial charge in [-0.25, -0.2) is 8.78 Å². The van der Waals surface area contributed by atoms with E-state index in [0.29, 0.717) is 0 Å². The van der Waals surface area contributed by atoms with Gasteiger partial charge in [-0.15, -0.1) is 0 Å². The summed E-state index contributed by atoms with van der Waals surface area (Å²) >= 11 is 2.80. The first-order valence-corrected chi connectivity index (χ1v) is 7.09. The van der Waals surface area contributed by atoms with Crippen LogP contribution in [0.25, 0.3) is 0 Å². The zero-order chi connectivity index (χ0) is 12.6. The minimum atomic E-state index is -3.85. The molecule has 0 amide bonds. The first-order valence-electron chi connectivity index (χ1n) is 4.82. The van der Waals surface area contributed by atoms with Gasteiger partial charge in [0.05, 0.1) is 10.2 Å². The molecule has 0 heterocycles. The Labute approximate surface area is 106 Å². The Morgan fingerprint density at radius 2 is 1.88 bits per heavy atom. The minimum absolute atomic E-state index is 0.0619. The Morgan fingerprint density at radius 3 is 2.47 bits per heavy atom. The maximum Gasteiger partial charge on any atom is 0.299 e. The van der Waals surface area contributed by atoms with Gasteiger partial charge in [0.25, 0.3) is 10.2 Å². The van der Waals surface area contributed by atoms with Crippen LogP contribution in [0.15, 0.2) is 16.6 Å². The fourth-order valence-corrected chi connectivity index (χ4v) is 2.69. The molecular weight excluding hydrogens is 318 g/mol. The molecule has 0 unspecified atom stereocenters. The Hall–Kier alpha value is -0.730. The average molecular weight is 327 g/mol. The second-order valence-corrected chi connectivity index (χ2v) is 6.04. The molecule has 1 aromatic carbocycles. The van der Waals surface area contributed by atoms with Gasteiger partial charge in [0.15, 0.2) is 0 Å². The highest BCUT2D eigenvalue weighted by molar-refractivity contribution is 9.10. The highest BCUT2D eigenvalue weighted by atomic mass is 79.9. The fraction of sp³-hybridized carbons (Fsp3) is 0.333. The summed E-state index contributed by atoms with van der Waals surface area (Å²) in [6.07, 6.45) is 1.52. The molecule has 0 radical (unpaired) electrons. The monoisotopic (exact) mass is 326 g/mol. The predicted octanol–water partition coefficient (Wildman–Crippen LogP) is 2.14. The van der Waals surface area contributed by atoms with Crippen molar-refractivity contribution in [3.63, 3.8) is 0 Å². The van der Waals surface area contributed by atoms with Crippen molar-refractivity contribution in [2.45, 2.75) is 18.9 Å². The molecule has 0 aliphatic heterocycles. The second-order valence-electron chi connectivity index (χ2n) is 3.74. The molecule has 1 aliphatic rings. The maximum atomic E-state index is 13.4. The third kappa shape index (κ3) is 3.36. The molecule has 2 rings (SSSR count). The highest BCUT2D eigenvalue weighted by Gasteiger charge is 2.27. The van der Waals surface area contributed by atoms with Gasteiger partial charge in [0.1, 0.15) is 11.6 Å². The number of halogens is 3. The second kappa shape index (κ2) is 4.51. The van der Waals surface area contributed by atoms with Gasteiger partial charge >= 0.3 is 0 Å². The molecule has 8 heteroatoms. The smallest absolute Gasteiger partial charge is 0.268 e. The van der Waals surface area contributed by atoms with Crippen LogP contribution in [0.4, 0.5) is 14.5 Å². The van der Waals surface area contributed by atoms with E-state index in [4.69, 9.17) is 0 Å². The van der Waals surface area contributed by atoms with Crippen molar-refractivity contribution in [3.8, 4) is 0 Å². The van der Waals surface area contributed by atoms with E-state index in [1.54, 1.807) is 0 Å². The Morgan fingerprint density at radius 1 is 1.24 bits per heavy atom. The van der Waals surface area contributed by atoms with Crippen molar-refractivity contribution >= 4 is 31.8 Å². The summed E-state index contributed by atoms with van der Waals surface area (Å²) in [6, 6.07) is 1.55. The molecule has 0 bridgehead atoms. The lowest BCUT2D eigenvalue weighted by atomic mass is 10.3. The molecule has 1 saturated carbocycles. The van der Waals surface area contributed by atoms with E-state index in [0.717, 1.165) is 25.0 Å². The largest absolute Gasteiger partial charge is 0.299 e. The van der Waals surface area contributed by atoms with Gasteiger partial charge < -0.3 is 0 Å². The highest BCUT2D eigenvalue weighted by Crippen LogP contribution is 2.25. The molecule has 0 aromatic heterocycles. The van der Waals surface area contributed by atoms with Crippen LogP contribution in [-0.2, 0) is 10.2 Å². The third-order valence-electron chi connectivity index (χ3n) is 2.15. The summed E-state index contributed by atoms with van der Waals surface area (Å²) in [5.74, 6) is -1.59. The molecule has 94 valence electrons. The number of benzene rings is 1. The first kappa shape index (κ1) is 12.7. The lowest BCUT2D eigenvalue weighted by Gasteiger charge is -2.09. The van der Waals surface area contributed by atoms with E-state index in [1.807, 2.05) is 4.72 Å². The van der Waals surface area contributed by atoms with Crippen LogP contribution in [0.1, 0.15) is 12.8 Å². The zero-order valence-corrected chi connectivity index (χ0v) is 10.9. The van der Waals surface area contributed by atoms with Crippen molar-refractivity contribution < 1.29 is 17.2 Å². The van der Waals surface area contributed by atoms with E-state index >= 15 is 0 Å². The lowest BCUT2D eigenvalue weighted by Crippen LogP contribution is -2.32. The van der Waals surface area contributed by atoms with Crippen molar-refractivity contribution in [2.75, 3.05) is 4.72 Å². The molecule has 1 aromatic rings. The fourth-order valence-electron chi connectivity index (χ4n) is 1.20. The van der Waals surface area contributed by atoms with Crippen molar-refractivity contribution in [2.24, 2.45) is 0 Å². The maximum absolute atomic E-state index is 13.4. The molecule has 2 N–H and O–H groups in total. The topological polar surface area (TPSA) is 58.2 Å². The molecular formula is C9H9BrF2N2O2S. The molecule has 0 atom stereocenters. The standard InChI is InChI=1S/C9H9BrF2N2O2S/c10-6-3-8(12)9(4-7(6)11)14-17(15,16)13-5-1-2-5/h3-5,13-14H,1-2H2. The predicted molar refractivity (Wildman–Crippen MR) is 62.8 cm³/mol. The van der Waals surface area contributed by atoms with Gasteiger partial charge in [-0.2, -0.15) is 13.1 Å². The number of rotatable bonds is 4. The molecule has 1 aliphatic carbocycles. The number of hydrogen-bond donors (Lipinski definition) is 2. The molecule has 1 fully saturated rings. The van der Waals surface area contributed by atoms with Crippen molar-refractivity contribution in [1.29, 1.82) is 0 Å². The Balaban J connectivity index is 2.20. The van der Waals surface area contributed by atoms with E-state index in [9.17, 15) is 17.2 Å². The van der Waals surface area contributed by atoms with Crippen molar-refractivity contribution in [1.82, 2.24) is 4.72 Å². The zero-order valence-electron chi connectivity index (χ0n) is 8.50. The summed E-state index contributed by atoms with van der Waals surface area (Å²) in [6.45, 7) is 0. The number of hydrogen-bond acceptors (Lipinski definition) is 2. The van der Waals surface area contributed by atoms with E-state index in [-0.39, 0.29) is 10.5 Å². The quantitative estimate of drug-likeness (QED) is 0.833. The number of nitrogens with one attached hydrogen (secondary N) is 2. The van der Waals surface area contributed by atoms with Gasteiger partial charge in [0, 0.05) is 12.1 Å². The van der Waals surface area contributed by atoms with Crippen LogP contribution in [0.3, 0.4) is 0 Å². The normalized spacial score (nSPS) is 15.9. The molecule has 0 saturated heterocycles. The number of anilines is 1. The Bertz CT molecular complexity index is 546. The molecule has 4 nitrogen and oxygen atoms in total. The van der Waals surface area contributed by atoms with Crippen LogP contribution in [0.2, 0.25) is 0 Å². The lowest BCUT2D eigenvalue weighted by molar-refractivity contribution is 0.582. The molecule has 17 heavy (non-hydrogen) atoms. The summed E-state index contributed by atoms with van der Waals surface area (Å²) < 4.78 is 53.6. The van der Waals surface area contributed by atoms with Crippen LogP contribution >= 0.6 is 15.9 Å². The summed E-state index contributed by atoms with van der Waals surface area (Å²) in [5.41, 5.74) is -0.418. The van der Waals surface area contributed by atoms with E-state index < -0.39 is 27.5 Å². The van der Waals surface area contributed by atoms with Crippen LogP contribution in [0.5, 0.6) is 0 Å². The average Bonchev–Trinajstić information content (AvgIpc) is 2.96. The van der Waals surface area contributed by atoms with Gasteiger partial charge in [-0.3, -0.25) is 4.72 Å². The van der Waals surface area contributed by atoms with E-state index in [1.165, 1.54) is 0 Å². The summed E-state index contributed by atoms with van der Waals surface area (Å²) in [4.78, 5) is 0. The SMILES string of the molecule is O=S(=O)(Nc1cc(F)c(Br)cc1F)NC1CC1. The van der Waals surface area contributed by atoms with Crippen LogP contribution in [-0.4, -0.2) is 14.5 Å². The van der Waals surface area contributed by atoms with E-state index in [2.05, 4.69) is 20.7 Å². The van der Waals surface area contributed by atoms with Gasteiger partial charge in [-0.1, -0.05) is 0 Å². The Kier molecular flexibility index (Phi) is 3.37. The third-order valence-corrected chi connectivity index (χ3v) is 3.89. The minimum Gasteiger partial charge on any atom is -0.268 e. The molecule has 0 spiro atoms. The summed E-state index contributed by atoms with van der Waals surface area (Å²) in [5, 5.41) is 0. The van der Waals surface area contributed by atoms with Crippen molar-refractivity contribution in [3.05, 3.63) is 28.2 Å². The van der Waals surface area contributed by atoms with Gasteiger partial charge in [-0.05, 0) is 34.8 Å². The summed E-state index contributed by atoms with van der Waals surface area (Å²) in [7, 11) is -3.85. The van der Waals surface area contributed by atoms with Crippen LogP contribution < -0.4 is 9.44 Å². The van der Waals surface area contributed by atoms with Gasteiger partial charge in [0.2, 0.25) is 0 Å².